The van der Waals surface area contributed by atoms with Crippen molar-refractivity contribution in [1.29, 1.82) is 0 Å². The Balaban J connectivity index is 1.64. The van der Waals surface area contributed by atoms with Crippen LogP contribution in [0.25, 0.3) is 0 Å². The van der Waals surface area contributed by atoms with E-state index in [9.17, 15) is 14.4 Å². The Morgan fingerprint density at radius 1 is 0.879 bits per heavy atom. The third-order valence-corrected chi connectivity index (χ3v) is 6.34. The van der Waals surface area contributed by atoms with Crippen molar-refractivity contribution in [2.24, 2.45) is 0 Å². The van der Waals surface area contributed by atoms with E-state index in [1.54, 1.807) is 66.7 Å². The van der Waals surface area contributed by atoms with Crippen molar-refractivity contribution >= 4 is 58.2 Å². The van der Waals surface area contributed by atoms with E-state index in [1.165, 1.54) is 4.90 Å². The molecular formula is C25H19Cl3N2O3. The molecule has 0 saturated carbocycles. The van der Waals surface area contributed by atoms with Gasteiger partial charge in [-0.3, -0.25) is 14.4 Å². The first-order valence-corrected chi connectivity index (χ1v) is 11.4. The molecule has 33 heavy (non-hydrogen) atoms. The maximum absolute atomic E-state index is 13.4. The fourth-order valence-corrected chi connectivity index (χ4v) is 4.23. The molecule has 1 unspecified atom stereocenters. The zero-order valence-corrected chi connectivity index (χ0v) is 19.6. The van der Waals surface area contributed by atoms with Gasteiger partial charge in [-0.05, 0) is 53.6 Å². The molecule has 0 radical (unpaired) electrons. The third-order valence-electron chi connectivity index (χ3n) is 5.47. The fraction of sp³-hybridized carbons (Fsp3) is 0.160. The Morgan fingerprint density at radius 2 is 1.48 bits per heavy atom. The Morgan fingerprint density at radius 3 is 2.12 bits per heavy atom. The summed E-state index contributed by atoms with van der Waals surface area (Å²) in [6.45, 7) is 0.101. The van der Waals surface area contributed by atoms with Crippen LogP contribution in [0.4, 0.5) is 5.69 Å². The summed E-state index contributed by atoms with van der Waals surface area (Å²) in [5.41, 5.74) is 1.86. The average Bonchev–Trinajstić information content (AvgIpc) is 3.09. The second-order valence-corrected chi connectivity index (χ2v) is 8.96. The van der Waals surface area contributed by atoms with Crippen molar-refractivity contribution in [2.45, 2.75) is 25.4 Å². The van der Waals surface area contributed by atoms with Crippen LogP contribution in [0.1, 0.15) is 17.5 Å². The summed E-state index contributed by atoms with van der Waals surface area (Å²) < 4.78 is 0. The average molecular weight is 502 g/mol. The minimum Gasteiger partial charge on any atom is -0.325 e. The van der Waals surface area contributed by atoms with E-state index in [-0.39, 0.29) is 31.2 Å². The van der Waals surface area contributed by atoms with Gasteiger partial charge in [0.25, 0.3) is 5.91 Å². The van der Waals surface area contributed by atoms with E-state index in [4.69, 9.17) is 34.8 Å². The molecule has 3 aromatic rings. The molecule has 8 heteroatoms. The zero-order valence-electron chi connectivity index (χ0n) is 17.4. The van der Waals surface area contributed by atoms with E-state index < -0.39 is 11.9 Å². The van der Waals surface area contributed by atoms with Crippen LogP contribution in [0.15, 0.2) is 72.8 Å². The highest BCUT2D eigenvalue weighted by atomic mass is 35.5. The summed E-state index contributed by atoms with van der Waals surface area (Å²) in [4.78, 5) is 42.1. The lowest BCUT2D eigenvalue weighted by atomic mass is 10.1. The lowest BCUT2D eigenvalue weighted by molar-refractivity contribution is -0.138. The summed E-state index contributed by atoms with van der Waals surface area (Å²) in [5, 5.41) is 1.54. The maximum atomic E-state index is 13.4. The summed E-state index contributed by atoms with van der Waals surface area (Å²) in [5.74, 6) is -1.13. The summed E-state index contributed by atoms with van der Waals surface area (Å²) in [6, 6.07) is 19.5. The Bertz CT molecular complexity index is 1200. The van der Waals surface area contributed by atoms with Crippen LogP contribution < -0.4 is 4.90 Å². The lowest BCUT2D eigenvalue weighted by Crippen LogP contribution is -2.45. The molecule has 3 aromatic carbocycles. The quantitative estimate of drug-likeness (QED) is 0.416. The Hall–Kier alpha value is -2.86. The van der Waals surface area contributed by atoms with Gasteiger partial charge in [0.2, 0.25) is 11.8 Å². The van der Waals surface area contributed by atoms with Crippen molar-refractivity contribution < 1.29 is 14.4 Å². The van der Waals surface area contributed by atoms with Crippen LogP contribution >= 0.6 is 34.8 Å². The van der Waals surface area contributed by atoms with Gasteiger partial charge in [0, 0.05) is 21.6 Å². The molecule has 168 valence electrons. The first-order valence-electron chi connectivity index (χ1n) is 10.2. The van der Waals surface area contributed by atoms with Crippen LogP contribution in [0, 0.1) is 0 Å². The predicted octanol–water partition coefficient (Wildman–Crippen LogP) is 5.55. The van der Waals surface area contributed by atoms with E-state index in [1.807, 2.05) is 6.07 Å². The van der Waals surface area contributed by atoms with Crippen LogP contribution in [0.3, 0.4) is 0 Å². The number of hydrogen-bond acceptors (Lipinski definition) is 3. The van der Waals surface area contributed by atoms with Crippen LogP contribution in [0.5, 0.6) is 0 Å². The molecule has 5 nitrogen and oxygen atoms in total. The normalized spacial score (nSPS) is 15.7. The number of rotatable bonds is 6. The van der Waals surface area contributed by atoms with Gasteiger partial charge in [-0.15, -0.1) is 0 Å². The fourth-order valence-electron chi connectivity index (χ4n) is 3.78. The van der Waals surface area contributed by atoms with Crippen LogP contribution in [0.2, 0.25) is 15.1 Å². The third kappa shape index (κ3) is 5.22. The van der Waals surface area contributed by atoms with Crippen molar-refractivity contribution in [3.63, 3.8) is 0 Å². The van der Waals surface area contributed by atoms with Gasteiger partial charge in [0.1, 0.15) is 6.04 Å². The predicted molar refractivity (Wildman–Crippen MR) is 130 cm³/mol. The van der Waals surface area contributed by atoms with Gasteiger partial charge >= 0.3 is 0 Å². The zero-order chi connectivity index (χ0) is 23.5. The SMILES string of the molecule is O=C1CC(N(Cc2ccccc2Cl)C(=O)Cc2ccc(Cl)cc2)C(=O)N1c1ccc(Cl)cc1. The van der Waals surface area contributed by atoms with Gasteiger partial charge in [-0.2, -0.15) is 0 Å². The summed E-state index contributed by atoms with van der Waals surface area (Å²) >= 11 is 18.2. The van der Waals surface area contributed by atoms with Gasteiger partial charge in [0.05, 0.1) is 18.5 Å². The second-order valence-electron chi connectivity index (χ2n) is 7.68. The number of imide groups is 1. The van der Waals surface area contributed by atoms with E-state index >= 15 is 0 Å². The minimum absolute atomic E-state index is 0.0561. The molecule has 0 bridgehead atoms. The minimum atomic E-state index is -0.941. The largest absolute Gasteiger partial charge is 0.325 e. The number of halogens is 3. The van der Waals surface area contributed by atoms with Gasteiger partial charge in [-0.1, -0.05) is 65.1 Å². The first kappa shape index (κ1) is 23.3. The van der Waals surface area contributed by atoms with E-state index in [0.717, 1.165) is 10.5 Å². The highest BCUT2D eigenvalue weighted by Gasteiger charge is 2.44. The maximum Gasteiger partial charge on any atom is 0.257 e. The Labute approximate surface area is 206 Å². The number of amides is 3. The first-order chi connectivity index (χ1) is 15.8. The second kappa shape index (κ2) is 9.96. The molecule has 1 aliphatic heterocycles. The number of nitrogens with zero attached hydrogens (tertiary/aromatic N) is 2. The molecule has 0 aliphatic carbocycles. The monoisotopic (exact) mass is 500 g/mol. The number of anilines is 1. The molecular weight excluding hydrogens is 483 g/mol. The number of carbonyl (C=O) groups excluding carboxylic acids is 3. The topological polar surface area (TPSA) is 57.7 Å². The highest BCUT2D eigenvalue weighted by molar-refractivity contribution is 6.31. The molecule has 1 heterocycles. The lowest BCUT2D eigenvalue weighted by Gasteiger charge is -2.28. The van der Waals surface area contributed by atoms with Crippen molar-refractivity contribution in [2.75, 3.05) is 4.90 Å². The Kier molecular flexibility index (Phi) is 7.03. The van der Waals surface area contributed by atoms with Crippen LogP contribution in [-0.2, 0) is 27.3 Å². The van der Waals surface area contributed by atoms with Gasteiger partial charge in [0.15, 0.2) is 0 Å². The van der Waals surface area contributed by atoms with E-state index in [2.05, 4.69) is 0 Å². The highest BCUT2D eigenvalue weighted by Crippen LogP contribution is 2.29. The number of carbonyl (C=O) groups is 3. The molecule has 0 N–H and O–H groups in total. The molecule has 1 fully saturated rings. The number of benzene rings is 3. The molecule has 4 rings (SSSR count). The summed E-state index contributed by atoms with van der Waals surface area (Å²) in [7, 11) is 0. The van der Waals surface area contributed by atoms with Crippen LogP contribution in [-0.4, -0.2) is 28.7 Å². The molecule has 1 aliphatic rings. The molecule has 0 spiro atoms. The van der Waals surface area contributed by atoms with Crippen molar-refractivity contribution in [1.82, 2.24) is 4.90 Å². The molecule has 1 saturated heterocycles. The number of hydrogen-bond donors (Lipinski definition) is 0. The molecule has 1 atom stereocenters. The van der Waals surface area contributed by atoms with Crippen molar-refractivity contribution in [3.8, 4) is 0 Å². The molecule has 3 amide bonds. The standard InChI is InChI=1S/C25H19Cl3N2O3/c26-18-7-5-16(6-8-18)13-23(31)29(15-17-3-1-2-4-21(17)28)22-14-24(32)30(25(22)33)20-11-9-19(27)10-12-20/h1-12,22H,13-15H2. The van der Waals surface area contributed by atoms with E-state index in [0.29, 0.717) is 26.3 Å². The van der Waals surface area contributed by atoms with Gasteiger partial charge < -0.3 is 4.90 Å². The van der Waals surface area contributed by atoms with Gasteiger partial charge in [-0.25, -0.2) is 4.90 Å². The summed E-state index contributed by atoms with van der Waals surface area (Å²) in [6.07, 6.45) is -0.0567. The van der Waals surface area contributed by atoms with Crippen molar-refractivity contribution in [3.05, 3.63) is 99.0 Å². The molecule has 0 aromatic heterocycles. The smallest absolute Gasteiger partial charge is 0.257 e.